The zero-order valence-electron chi connectivity index (χ0n) is 11.4. The lowest BCUT2D eigenvalue weighted by Gasteiger charge is -2.41. The lowest BCUT2D eigenvalue weighted by molar-refractivity contribution is -0.0562. The van der Waals surface area contributed by atoms with E-state index in [1.165, 1.54) is 0 Å². The molecule has 0 unspecified atom stereocenters. The Morgan fingerprint density at radius 1 is 1.47 bits per heavy atom. The molecule has 0 spiro atoms. The highest BCUT2D eigenvalue weighted by molar-refractivity contribution is 5.78. The van der Waals surface area contributed by atoms with Crippen LogP contribution in [-0.2, 0) is 11.3 Å². The first-order valence-corrected chi connectivity index (χ1v) is 6.61. The van der Waals surface area contributed by atoms with E-state index in [1.54, 1.807) is 0 Å². The lowest BCUT2D eigenvalue weighted by Crippen LogP contribution is -2.52. The Balaban J connectivity index is 1.84. The fraction of sp³-hybridized carbons (Fsp3) is 0.500. The molecule has 5 heteroatoms. The molecule has 5 nitrogen and oxygen atoms in total. The van der Waals surface area contributed by atoms with Gasteiger partial charge in [-0.2, -0.15) is 0 Å². The van der Waals surface area contributed by atoms with Crippen LogP contribution in [0.2, 0.25) is 0 Å². The van der Waals surface area contributed by atoms with Crippen LogP contribution in [-0.4, -0.2) is 40.2 Å². The normalized spacial score (nSPS) is 19.9. The number of H-pyrrole nitrogens is 1. The molecule has 2 aromatic rings. The first-order chi connectivity index (χ1) is 9.04. The molecule has 1 saturated heterocycles. The number of nitrogens with one attached hydrogen (secondary N) is 1. The summed E-state index contributed by atoms with van der Waals surface area (Å²) in [5.41, 5.74) is 8.57. The van der Waals surface area contributed by atoms with Gasteiger partial charge >= 0.3 is 0 Å². The van der Waals surface area contributed by atoms with Crippen molar-refractivity contribution in [3.05, 3.63) is 24.0 Å². The zero-order chi connectivity index (χ0) is 13.5. The van der Waals surface area contributed by atoms with E-state index < -0.39 is 0 Å². The third-order valence-electron chi connectivity index (χ3n) is 3.71. The van der Waals surface area contributed by atoms with Crippen LogP contribution >= 0.6 is 0 Å². The van der Waals surface area contributed by atoms with Crippen molar-refractivity contribution in [1.82, 2.24) is 14.9 Å². The average molecular weight is 260 g/mol. The van der Waals surface area contributed by atoms with Gasteiger partial charge in [0.2, 0.25) is 0 Å². The molecule has 0 saturated carbocycles. The molecule has 1 fully saturated rings. The Kier molecular flexibility index (Phi) is 2.95. The van der Waals surface area contributed by atoms with Gasteiger partial charge in [-0.25, -0.2) is 4.98 Å². The van der Waals surface area contributed by atoms with E-state index in [-0.39, 0.29) is 5.54 Å². The van der Waals surface area contributed by atoms with Crippen LogP contribution < -0.4 is 5.73 Å². The Morgan fingerprint density at radius 3 is 3.11 bits per heavy atom. The molecular formula is C14H20N4O. The van der Waals surface area contributed by atoms with Crippen molar-refractivity contribution >= 4 is 16.7 Å². The quantitative estimate of drug-likeness (QED) is 0.807. The number of rotatable bonds is 2. The summed E-state index contributed by atoms with van der Waals surface area (Å²) in [4.78, 5) is 10.4. The first-order valence-electron chi connectivity index (χ1n) is 6.61. The van der Waals surface area contributed by atoms with Crippen LogP contribution in [0, 0.1) is 0 Å². The van der Waals surface area contributed by atoms with E-state index in [4.69, 9.17) is 10.5 Å². The van der Waals surface area contributed by atoms with Gasteiger partial charge in [0.05, 0.1) is 30.8 Å². The second-order valence-electron chi connectivity index (χ2n) is 5.75. The maximum atomic E-state index is 5.79. The predicted molar refractivity (Wildman–Crippen MR) is 75.8 cm³/mol. The van der Waals surface area contributed by atoms with Crippen LogP contribution in [0.3, 0.4) is 0 Å². The Morgan fingerprint density at radius 2 is 2.32 bits per heavy atom. The van der Waals surface area contributed by atoms with Gasteiger partial charge in [0.15, 0.2) is 0 Å². The fourth-order valence-electron chi connectivity index (χ4n) is 2.52. The number of benzene rings is 1. The molecule has 1 aliphatic rings. The van der Waals surface area contributed by atoms with Gasteiger partial charge in [-0.05, 0) is 32.0 Å². The highest BCUT2D eigenvalue weighted by atomic mass is 16.5. The van der Waals surface area contributed by atoms with Gasteiger partial charge in [-0.3, -0.25) is 4.90 Å². The molecule has 2 heterocycles. The number of morpholine rings is 1. The van der Waals surface area contributed by atoms with Crippen LogP contribution in [0.25, 0.3) is 11.0 Å². The van der Waals surface area contributed by atoms with Gasteiger partial charge in [0.1, 0.15) is 5.82 Å². The van der Waals surface area contributed by atoms with Gasteiger partial charge in [-0.15, -0.1) is 0 Å². The average Bonchev–Trinajstić information content (AvgIpc) is 2.73. The van der Waals surface area contributed by atoms with E-state index in [1.807, 2.05) is 18.2 Å². The molecule has 1 aliphatic heterocycles. The van der Waals surface area contributed by atoms with Crippen LogP contribution in [0.4, 0.5) is 5.69 Å². The third kappa shape index (κ3) is 2.43. The standard InChI is InChI=1S/C14H20N4O/c1-14(2)9-19-6-5-18(14)8-13-16-11-4-3-10(15)7-12(11)17-13/h3-4,7H,5-6,8-9,15H2,1-2H3,(H,16,17). The smallest absolute Gasteiger partial charge is 0.121 e. The number of hydrogen-bond acceptors (Lipinski definition) is 4. The lowest BCUT2D eigenvalue weighted by atomic mass is 10.0. The minimum Gasteiger partial charge on any atom is -0.399 e. The number of fused-ring (bicyclic) bond motifs is 1. The molecule has 19 heavy (non-hydrogen) atoms. The van der Waals surface area contributed by atoms with Crippen LogP contribution in [0.1, 0.15) is 19.7 Å². The molecule has 3 rings (SSSR count). The largest absolute Gasteiger partial charge is 0.399 e. The number of ether oxygens (including phenoxy) is 1. The summed E-state index contributed by atoms with van der Waals surface area (Å²) in [6.07, 6.45) is 0. The molecular weight excluding hydrogens is 240 g/mol. The molecule has 0 atom stereocenters. The first kappa shape index (κ1) is 12.4. The van der Waals surface area contributed by atoms with Gasteiger partial charge in [0, 0.05) is 17.8 Å². The van der Waals surface area contributed by atoms with Gasteiger partial charge < -0.3 is 15.5 Å². The molecule has 0 aliphatic carbocycles. The van der Waals surface area contributed by atoms with Crippen molar-refractivity contribution in [1.29, 1.82) is 0 Å². The Hall–Kier alpha value is -1.59. The van der Waals surface area contributed by atoms with Gasteiger partial charge in [0.25, 0.3) is 0 Å². The second kappa shape index (κ2) is 4.51. The van der Waals surface area contributed by atoms with E-state index in [2.05, 4.69) is 28.7 Å². The number of hydrogen-bond donors (Lipinski definition) is 2. The number of nitrogen functional groups attached to an aromatic ring is 1. The summed E-state index contributed by atoms with van der Waals surface area (Å²) in [6, 6.07) is 5.76. The summed E-state index contributed by atoms with van der Waals surface area (Å²) < 4.78 is 5.54. The SMILES string of the molecule is CC1(C)COCCN1Cc1nc2ccc(N)cc2[nH]1. The van der Waals surface area contributed by atoms with Crippen molar-refractivity contribution in [2.24, 2.45) is 0 Å². The number of imidazole rings is 1. The molecule has 0 bridgehead atoms. The maximum absolute atomic E-state index is 5.79. The second-order valence-corrected chi connectivity index (χ2v) is 5.75. The zero-order valence-corrected chi connectivity index (χ0v) is 11.4. The monoisotopic (exact) mass is 260 g/mol. The molecule has 1 aromatic heterocycles. The highest BCUT2D eigenvalue weighted by Crippen LogP contribution is 2.22. The summed E-state index contributed by atoms with van der Waals surface area (Å²) in [6.45, 7) is 7.70. The number of anilines is 1. The number of aromatic amines is 1. The van der Waals surface area contributed by atoms with Crippen molar-refractivity contribution in [2.75, 3.05) is 25.5 Å². The summed E-state index contributed by atoms with van der Waals surface area (Å²) >= 11 is 0. The van der Waals surface area contributed by atoms with Crippen molar-refractivity contribution in [3.8, 4) is 0 Å². The minimum atomic E-state index is 0.0518. The minimum absolute atomic E-state index is 0.0518. The number of nitrogens with zero attached hydrogens (tertiary/aromatic N) is 2. The van der Waals surface area contributed by atoms with E-state index in [0.717, 1.165) is 48.8 Å². The van der Waals surface area contributed by atoms with Gasteiger partial charge in [-0.1, -0.05) is 0 Å². The van der Waals surface area contributed by atoms with E-state index >= 15 is 0 Å². The molecule has 0 amide bonds. The fourth-order valence-corrected chi connectivity index (χ4v) is 2.52. The van der Waals surface area contributed by atoms with E-state index in [9.17, 15) is 0 Å². The molecule has 1 aromatic carbocycles. The third-order valence-corrected chi connectivity index (χ3v) is 3.71. The number of nitrogens with two attached hydrogens (primary N) is 1. The van der Waals surface area contributed by atoms with Crippen molar-refractivity contribution in [3.63, 3.8) is 0 Å². The topological polar surface area (TPSA) is 67.2 Å². The Labute approximate surface area is 112 Å². The number of aromatic nitrogens is 2. The van der Waals surface area contributed by atoms with E-state index in [0.29, 0.717) is 0 Å². The van der Waals surface area contributed by atoms with Crippen molar-refractivity contribution in [2.45, 2.75) is 25.9 Å². The predicted octanol–water partition coefficient (Wildman–Crippen LogP) is 1.76. The highest BCUT2D eigenvalue weighted by Gasteiger charge is 2.30. The maximum Gasteiger partial charge on any atom is 0.121 e. The molecule has 3 N–H and O–H groups in total. The molecule has 102 valence electrons. The summed E-state index contributed by atoms with van der Waals surface area (Å²) in [5, 5.41) is 0. The van der Waals surface area contributed by atoms with Crippen molar-refractivity contribution < 1.29 is 4.74 Å². The Bertz CT molecular complexity index is 590. The summed E-state index contributed by atoms with van der Waals surface area (Å²) in [5.74, 6) is 0.982. The van der Waals surface area contributed by atoms with Crippen LogP contribution in [0.15, 0.2) is 18.2 Å². The van der Waals surface area contributed by atoms with Crippen LogP contribution in [0.5, 0.6) is 0 Å². The summed E-state index contributed by atoms with van der Waals surface area (Å²) in [7, 11) is 0. The molecule has 0 radical (unpaired) electrons.